The Hall–Kier alpha value is -3.33. The van der Waals surface area contributed by atoms with Crippen LogP contribution in [-0.4, -0.2) is 53.2 Å². The van der Waals surface area contributed by atoms with E-state index in [0.29, 0.717) is 24.2 Å². The number of hydrogen-bond acceptors (Lipinski definition) is 5. The van der Waals surface area contributed by atoms with Gasteiger partial charge in [0.1, 0.15) is 16.8 Å². The van der Waals surface area contributed by atoms with E-state index in [2.05, 4.69) is 0 Å². The van der Waals surface area contributed by atoms with Crippen LogP contribution >= 0.6 is 11.6 Å². The van der Waals surface area contributed by atoms with Crippen LogP contribution < -0.4 is 10.3 Å². The highest BCUT2D eigenvalue weighted by Gasteiger charge is 2.37. The average molecular weight is 476 g/mol. The molecule has 2 aromatic heterocycles. The third-order valence-electron chi connectivity index (χ3n) is 5.92. The first-order chi connectivity index (χ1) is 15.7. The Kier molecular flexibility index (Phi) is 5.92. The first kappa shape index (κ1) is 22.8. The van der Waals surface area contributed by atoms with E-state index in [1.165, 1.54) is 43.2 Å². The number of halogens is 2. The highest BCUT2D eigenvalue weighted by Crippen LogP contribution is 2.39. The van der Waals surface area contributed by atoms with Crippen LogP contribution in [0.1, 0.15) is 46.3 Å². The smallest absolute Gasteiger partial charge is 0.341 e. The summed E-state index contributed by atoms with van der Waals surface area (Å²) in [5, 5.41) is 0.0348. The second-order valence-electron chi connectivity index (χ2n) is 7.88. The number of nitrogens with zero attached hydrogens (tertiary/aromatic N) is 3. The number of hydrogen-bond donors (Lipinski definition) is 0. The zero-order valence-electron chi connectivity index (χ0n) is 18.6. The molecule has 1 aliphatic rings. The molecule has 4 rings (SSSR count). The molecule has 10 heteroatoms. The van der Waals surface area contributed by atoms with Crippen molar-refractivity contribution in [2.45, 2.75) is 26.4 Å². The Bertz CT molecular complexity index is 1350. The maximum absolute atomic E-state index is 13.6. The van der Waals surface area contributed by atoms with Crippen LogP contribution in [0.25, 0.3) is 10.9 Å². The second-order valence-corrected chi connectivity index (χ2v) is 8.29. The van der Waals surface area contributed by atoms with Crippen LogP contribution in [0.4, 0.5) is 4.39 Å². The van der Waals surface area contributed by atoms with Crippen LogP contribution in [-0.2, 0) is 11.3 Å². The van der Waals surface area contributed by atoms with Crippen molar-refractivity contribution in [3.05, 3.63) is 62.4 Å². The SMILES string of the molecule is CCN1C[C@H](C)n2c(c(OC)c3c(=O)n(Cc4ccc(F)c(Cl)c4)cc(C(=O)OC)c32)C1=O. The van der Waals surface area contributed by atoms with E-state index >= 15 is 0 Å². The van der Waals surface area contributed by atoms with E-state index in [1.807, 2.05) is 13.8 Å². The van der Waals surface area contributed by atoms with Gasteiger partial charge >= 0.3 is 5.97 Å². The number of amides is 1. The molecule has 1 aromatic carbocycles. The number of benzene rings is 1. The van der Waals surface area contributed by atoms with Crippen molar-refractivity contribution >= 4 is 34.4 Å². The summed E-state index contributed by atoms with van der Waals surface area (Å²) in [4.78, 5) is 41.2. The lowest BCUT2D eigenvalue weighted by atomic mass is 10.1. The first-order valence-electron chi connectivity index (χ1n) is 10.4. The van der Waals surface area contributed by atoms with Crippen LogP contribution in [0.15, 0.2) is 29.2 Å². The van der Waals surface area contributed by atoms with E-state index < -0.39 is 17.3 Å². The number of esters is 1. The highest BCUT2D eigenvalue weighted by molar-refractivity contribution is 6.30. The van der Waals surface area contributed by atoms with Crippen molar-refractivity contribution in [2.75, 3.05) is 27.3 Å². The standard InChI is InChI=1S/C23H23ClFN3O5/c1-5-26-9-12(2)28-18-14(23(31)33-4)11-27(10-13-6-7-16(25)15(24)8-13)21(29)17(18)20(32-3)19(28)22(26)30/h6-8,11-12H,5,9-10H2,1-4H3/t12-/m0/s1. The van der Waals surface area contributed by atoms with E-state index in [1.54, 1.807) is 9.47 Å². The van der Waals surface area contributed by atoms with Gasteiger partial charge in [0.05, 0.1) is 31.3 Å². The summed E-state index contributed by atoms with van der Waals surface area (Å²) in [6.07, 6.45) is 1.39. The molecule has 0 radical (unpaired) electrons. The molecule has 0 aliphatic carbocycles. The van der Waals surface area contributed by atoms with Gasteiger partial charge in [-0.25, -0.2) is 9.18 Å². The second kappa shape index (κ2) is 8.55. The minimum Gasteiger partial charge on any atom is -0.493 e. The normalized spacial score (nSPS) is 15.6. The molecule has 174 valence electrons. The number of aromatic nitrogens is 2. The molecule has 1 atom stereocenters. The third-order valence-corrected chi connectivity index (χ3v) is 6.21. The first-order valence-corrected chi connectivity index (χ1v) is 10.8. The van der Waals surface area contributed by atoms with E-state index in [4.69, 9.17) is 21.1 Å². The zero-order chi connectivity index (χ0) is 24.0. The zero-order valence-corrected chi connectivity index (χ0v) is 19.4. The summed E-state index contributed by atoms with van der Waals surface area (Å²) in [7, 11) is 2.63. The van der Waals surface area contributed by atoms with Gasteiger partial charge in [0.25, 0.3) is 11.5 Å². The molecule has 0 spiro atoms. The number of methoxy groups -OCH3 is 2. The van der Waals surface area contributed by atoms with Crippen LogP contribution in [0.2, 0.25) is 5.02 Å². The van der Waals surface area contributed by atoms with Crippen molar-refractivity contribution in [3.8, 4) is 5.75 Å². The molecule has 0 unspecified atom stereocenters. The molecular formula is C23H23ClFN3O5. The topological polar surface area (TPSA) is 82.8 Å². The molecule has 0 fully saturated rings. The lowest BCUT2D eigenvalue weighted by molar-refractivity contribution is 0.0598. The molecule has 0 saturated heterocycles. The Labute approximate surface area is 194 Å². The Balaban J connectivity index is 2.05. The summed E-state index contributed by atoms with van der Waals surface area (Å²) in [6.45, 7) is 4.72. The largest absolute Gasteiger partial charge is 0.493 e. The fourth-order valence-corrected chi connectivity index (χ4v) is 4.61. The van der Waals surface area contributed by atoms with Gasteiger partial charge in [-0.15, -0.1) is 0 Å². The van der Waals surface area contributed by atoms with Crippen molar-refractivity contribution in [3.63, 3.8) is 0 Å². The minimum absolute atomic E-state index is 0.0209. The van der Waals surface area contributed by atoms with Gasteiger partial charge in [-0.2, -0.15) is 0 Å². The maximum Gasteiger partial charge on any atom is 0.341 e. The fraction of sp³-hybridized carbons (Fsp3) is 0.348. The Morgan fingerprint density at radius 2 is 2.00 bits per heavy atom. The quantitative estimate of drug-likeness (QED) is 0.528. The summed E-state index contributed by atoms with van der Waals surface area (Å²) in [5.41, 5.74) is 0.735. The lowest BCUT2D eigenvalue weighted by Gasteiger charge is -2.32. The molecule has 1 aliphatic heterocycles. The van der Waals surface area contributed by atoms with Gasteiger partial charge in [-0.1, -0.05) is 17.7 Å². The van der Waals surface area contributed by atoms with Crippen LogP contribution in [0.3, 0.4) is 0 Å². The number of rotatable bonds is 5. The summed E-state index contributed by atoms with van der Waals surface area (Å²) < 4.78 is 27.1. The maximum atomic E-state index is 13.6. The van der Waals surface area contributed by atoms with Gasteiger partial charge in [0.2, 0.25) is 0 Å². The molecule has 0 saturated carbocycles. The molecule has 0 N–H and O–H groups in total. The van der Waals surface area contributed by atoms with Gasteiger partial charge in [-0.3, -0.25) is 9.59 Å². The number of carbonyl (C=O) groups excluding carboxylic acids is 2. The van der Waals surface area contributed by atoms with E-state index in [-0.39, 0.29) is 45.9 Å². The van der Waals surface area contributed by atoms with Crippen molar-refractivity contribution in [2.24, 2.45) is 0 Å². The summed E-state index contributed by atoms with van der Waals surface area (Å²) >= 11 is 5.89. The molecular weight excluding hydrogens is 453 g/mol. The molecule has 0 bridgehead atoms. The molecule has 3 heterocycles. The van der Waals surface area contributed by atoms with Crippen molar-refractivity contribution in [1.29, 1.82) is 0 Å². The Morgan fingerprint density at radius 3 is 2.61 bits per heavy atom. The molecule has 3 aromatic rings. The predicted molar refractivity (Wildman–Crippen MR) is 121 cm³/mol. The van der Waals surface area contributed by atoms with Crippen LogP contribution in [0, 0.1) is 5.82 Å². The van der Waals surface area contributed by atoms with Crippen molar-refractivity contribution in [1.82, 2.24) is 14.0 Å². The number of pyridine rings is 1. The number of fused-ring (bicyclic) bond motifs is 3. The molecule has 33 heavy (non-hydrogen) atoms. The highest BCUT2D eigenvalue weighted by atomic mass is 35.5. The van der Waals surface area contributed by atoms with Gasteiger partial charge < -0.3 is 23.5 Å². The van der Waals surface area contributed by atoms with Crippen LogP contribution in [0.5, 0.6) is 5.75 Å². The average Bonchev–Trinajstić information content (AvgIpc) is 3.16. The van der Waals surface area contributed by atoms with Gasteiger partial charge in [0.15, 0.2) is 11.4 Å². The predicted octanol–water partition coefficient (Wildman–Crippen LogP) is 3.48. The number of likely N-dealkylation sites (N-methyl/N-ethyl adjacent to an activating group) is 1. The summed E-state index contributed by atoms with van der Waals surface area (Å²) in [6, 6.07) is 3.92. The van der Waals surface area contributed by atoms with Crippen molar-refractivity contribution < 1.29 is 23.5 Å². The number of ether oxygens (including phenoxy) is 2. The van der Waals surface area contributed by atoms with E-state index in [0.717, 1.165) is 0 Å². The Morgan fingerprint density at radius 1 is 1.27 bits per heavy atom. The minimum atomic E-state index is -0.661. The monoisotopic (exact) mass is 475 g/mol. The lowest BCUT2D eigenvalue weighted by Crippen LogP contribution is -2.42. The third kappa shape index (κ3) is 3.56. The summed E-state index contributed by atoms with van der Waals surface area (Å²) in [5.74, 6) is -1.41. The van der Waals surface area contributed by atoms with Gasteiger partial charge in [0, 0.05) is 25.3 Å². The van der Waals surface area contributed by atoms with E-state index in [9.17, 15) is 18.8 Å². The molecule has 8 nitrogen and oxygen atoms in total. The van der Waals surface area contributed by atoms with Gasteiger partial charge in [-0.05, 0) is 31.5 Å². The molecule has 1 amide bonds. The number of carbonyl (C=O) groups is 2. The fourth-order valence-electron chi connectivity index (χ4n) is 4.41.